The Balaban J connectivity index is 1.49. The van der Waals surface area contributed by atoms with Gasteiger partial charge in [0.2, 0.25) is 5.28 Å². The maximum absolute atomic E-state index is 12.7. The van der Waals surface area contributed by atoms with Crippen molar-refractivity contribution in [2.24, 2.45) is 0 Å². The van der Waals surface area contributed by atoms with Gasteiger partial charge in [-0.2, -0.15) is 4.98 Å². The second-order valence-electron chi connectivity index (χ2n) is 8.56. The lowest BCUT2D eigenvalue weighted by Gasteiger charge is -2.35. The summed E-state index contributed by atoms with van der Waals surface area (Å²) >= 11 is 7.97. The van der Waals surface area contributed by atoms with Crippen LogP contribution in [0.25, 0.3) is 21.3 Å². The van der Waals surface area contributed by atoms with E-state index in [2.05, 4.69) is 59.9 Å². The van der Waals surface area contributed by atoms with E-state index >= 15 is 0 Å². The zero-order valence-corrected chi connectivity index (χ0v) is 20.4. The van der Waals surface area contributed by atoms with E-state index in [-0.39, 0.29) is 11.2 Å². The number of hydrogen-bond acceptors (Lipinski definition) is 6. The number of piperazine rings is 1. The fourth-order valence-electron chi connectivity index (χ4n) is 4.36. The minimum Gasteiger partial charge on any atom is -0.459 e. The van der Waals surface area contributed by atoms with E-state index in [9.17, 15) is 4.79 Å². The number of rotatable bonds is 4. The second-order valence-corrected chi connectivity index (χ2v) is 10.1. The summed E-state index contributed by atoms with van der Waals surface area (Å²) in [5, 5.41) is 1.28. The van der Waals surface area contributed by atoms with Crippen molar-refractivity contribution in [2.75, 3.05) is 31.1 Å². The molecule has 0 aliphatic carbocycles. The van der Waals surface area contributed by atoms with Crippen molar-refractivity contribution < 1.29 is 9.21 Å². The Kier molecular flexibility index (Phi) is 5.85. The van der Waals surface area contributed by atoms with E-state index in [0.29, 0.717) is 37.9 Å². The lowest BCUT2D eigenvalue weighted by Crippen LogP contribution is -2.49. The molecule has 0 saturated carbocycles. The molecule has 0 atom stereocenters. The van der Waals surface area contributed by atoms with Crippen molar-refractivity contribution in [3.05, 3.63) is 64.1 Å². The normalized spacial score (nSPS) is 14.5. The number of furan rings is 1. The fraction of sp³-hybridized carbons (Fsp3) is 0.320. The van der Waals surface area contributed by atoms with Gasteiger partial charge in [0.15, 0.2) is 5.76 Å². The third-order valence-corrected chi connectivity index (χ3v) is 7.31. The first-order chi connectivity index (χ1) is 15.9. The topological polar surface area (TPSA) is 62.5 Å². The van der Waals surface area contributed by atoms with Crippen LogP contribution in [-0.2, 0) is 0 Å². The first kappa shape index (κ1) is 21.9. The second kappa shape index (κ2) is 8.80. The molecule has 0 bridgehead atoms. The highest BCUT2D eigenvalue weighted by atomic mass is 35.5. The van der Waals surface area contributed by atoms with E-state index in [1.165, 1.54) is 16.7 Å². The molecule has 8 heteroatoms. The molecule has 3 aromatic heterocycles. The van der Waals surface area contributed by atoms with E-state index in [1.807, 2.05) is 4.90 Å². The Hall–Kier alpha value is -2.90. The molecule has 33 heavy (non-hydrogen) atoms. The summed E-state index contributed by atoms with van der Waals surface area (Å²) in [4.78, 5) is 27.9. The van der Waals surface area contributed by atoms with Crippen molar-refractivity contribution >= 4 is 44.9 Å². The van der Waals surface area contributed by atoms with Gasteiger partial charge in [0.1, 0.15) is 10.6 Å². The van der Waals surface area contributed by atoms with Gasteiger partial charge in [0.05, 0.1) is 11.6 Å². The summed E-state index contributed by atoms with van der Waals surface area (Å²) in [5.74, 6) is 1.61. The minimum absolute atomic E-state index is 0.0807. The zero-order chi connectivity index (χ0) is 23.1. The van der Waals surface area contributed by atoms with E-state index in [1.54, 1.807) is 23.5 Å². The number of fused-ring (bicyclic) bond motifs is 1. The third kappa shape index (κ3) is 4.11. The van der Waals surface area contributed by atoms with Gasteiger partial charge < -0.3 is 14.2 Å². The standard InChI is InChI=1S/C25H25ClN4O2S/c1-15(2)17-6-8-18(9-7-17)20-16(3)33-23-21(20)22(27-25(26)28-23)29-10-12-30(13-11-29)24(31)19-5-4-14-32-19/h4-9,14-15H,10-13H2,1-3H3. The van der Waals surface area contributed by atoms with E-state index in [4.69, 9.17) is 16.0 Å². The van der Waals surface area contributed by atoms with Gasteiger partial charge in [0.25, 0.3) is 5.91 Å². The van der Waals surface area contributed by atoms with Gasteiger partial charge in [-0.1, -0.05) is 38.1 Å². The van der Waals surface area contributed by atoms with Crippen LogP contribution in [0.3, 0.4) is 0 Å². The molecule has 0 unspecified atom stereocenters. The lowest BCUT2D eigenvalue weighted by atomic mass is 9.97. The van der Waals surface area contributed by atoms with E-state index in [0.717, 1.165) is 27.2 Å². The quantitative estimate of drug-likeness (QED) is 0.335. The lowest BCUT2D eigenvalue weighted by molar-refractivity contribution is 0.0714. The maximum Gasteiger partial charge on any atom is 0.289 e. The summed E-state index contributed by atoms with van der Waals surface area (Å²) in [5.41, 5.74) is 3.63. The van der Waals surface area contributed by atoms with Gasteiger partial charge in [0, 0.05) is 36.6 Å². The molecule has 1 amide bonds. The highest BCUT2D eigenvalue weighted by molar-refractivity contribution is 7.19. The van der Waals surface area contributed by atoms with Crippen LogP contribution in [0.2, 0.25) is 5.28 Å². The summed E-state index contributed by atoms with van der Waals surface area (Å²) in [6.07, 6.45) is 1.53. The molecule has 1 aliphatic heterocycles. The predicted octanol–water partition coefficient (Wildman–Crippen LogP) is 6.00. The smallest absolute Gasteiger partial charge is 0.289 e. The maximum atomic E-state index is 12.7. The molecule has 4 aromatic rings. The van der Waals surface area contributed by atoms with E-state index < -0.39 is 0 Å². The molecule has 1 aromatic carbocycles. The summed E-state index contributed by atoms with van der Waals surface area (Å²) in [6.45, 7) is 9.02. The predicted molar refractivity (Wildman–Crippen MR) is 134 cm³/mol. The van der Waals surface area contributed by atoms with Crippen molar-refractivity contribution in [1.29, 1.82) is 0 Å². The molecule has 170 valence electrons. The van der Waals surface area contributed by atoms with Crippen LogP contribution < -0.4 is 4.90 Å². The van der Waals surface area contributed by atoms with Gasteiger partial charge in [-0.15, -0.1) is 11.3 Å². The number of amides is 1. The molecule has 4 heterocycles. The Labute approximate surface area is 201 Å². The average molecular weight is 481 g/mol. The largest absolute Gasteiger partial charge is 0.459 e. The van der Waals surface area contributed by atoms with Crippen LogP contribution in [0.4, 0.5) is 5.82 Å². The highest BCUT2D eigenvalue weighted by Gasteiger charge is 2.27. The number of carbonyl (C=O) groups excluding carboxylic acids is 1. The van der Waals surface area contributed by atoms with Crippen LogP contribution >= 0.6 is 22.9 Å². The Morgan fingerprint density at radius 1 is 1.09 bits per heavy atom. The molecule has 1 fully saturated rings. The number of thiophene rings is 1. The zero-order valence-electron chi connectivity index (χ0n) is 18.8. The SMILES string of the molecule is Cc1sc2nc(Cl)nc(N3CCN(C(=O)c4ccco4)CC3)c2c1-c1ccc(C(C)C)cc1. The monoisotopic (exact) mass is 480 g/mol. The number of benzene rings is 1. The molecule has 1 saturated heterocycles. The molecular formula is C25H25ClN4O2S. The first-order valence-corrected chi connectivity index (χ1v) is 12.3. The number of hydrogen-bond donors (Lipinski definition) is 0. The van der Waals surface area contributed by atoms with Gasteiger partial charge >= 0.3 is 0 Å². The summed E-state index contributed by atoms with van der Waals surface area (Å²) < 4.78 is 5.28. The Morgan fingerprint density at radius 3 is 2.45 bits per heavy atom. The van der Waals surface area contributed by atoms with Crippen LogP contribution in [0.1, 0.15) is 40.8 Å². The molecule has 0 radical (unpaired) electrons. The van der Waals surface area contributed by atoms with Crippen molar-refractivity contribution in [1.82, 2.24) is 14.9 Å². The highest BCUT2D eigenvalue weighted by Crippen LogP contribution is 2.42. The Morgan fingerprint density at radius 2 is 1.82 bits per heavy atom. The fourth-order valence-corrected chi connectivity index (χ4v) is 5.61. The van der Waals surface area contributed by atoms with Gasteiger partial charge in [-0.05, 0) is 47.7 Å². The molecular weight excluding hydrogens is 456 g/mol. The van der Waals surface area contributed by atoms with Crippen LogP contribution in [0, 0.1) is 6.92 Å². The van der Waals surface area contributed by atoms with Crippen LogP contribution in [-0.4, -0.2) is 47.0 Å². The number of nitrogens with zero attached hydrogens (tertiary/aromatic N) is 4. The number of carbonyl (C=O) groups is 1. The Bertz CT molecular complexity index is 1290. The van der Waals surface area contributed by atoms with Gasteiger partial charge in [-0.25, -0.2) is 4.98 Å². The summed E-state index contributed by atoms with van der Waals surface area (Å²) in [7, 11) is 0. The number of aryl methyl sites for hydroxylation is 1. The van der Waals surface area contributed by atoms with Crippen LogP contribution in [0.5, 0.6) is 0 Å². The molecule has 0 N–H and O–H groups in total. The van der Waals surface area contributed by atoms with Crippen LogP contribution in [0.15, 0.2) is 47.1 Å². The number of aromatic nitrogens is 2. The van der Waals surface area contributed by atoms with Crippen molar-refractivity contribution in [2.45, 2.75) is 26.7 Å². The molecule has 1 aliphatic rings. The third-order valence-electron chi connectivity index (χ3n) is 6.15. The average Bonchev–Trinajstić information content (AvgIpc) is 3.46. The van der Waals surface area contributed by atoms with Gasteiger partial charge in [-0.3, -0.25) is 4.79 Å². The van der Waals surface area contributed by atoms with Crippen molar-refractivity contribution in [3.8, 4) is 11.1 Å². The molecule has 0 spiro atoms. The first-order valence-electron chi connectivity index (χ1n) is 11.1. The molecule has 5 rings (SSSR count). The molecule has 6 nitrogen and oxygen atoms in total. The number of anilines is 1. The minimum atomic E-state index is -0.0807. The number of halogens is 1. The summed E-state index contributed by atoms with van der Waals surface area (Å²) in [6, 6.07) is 12.2. The van der Waals surface area contributed by atoms with Crippen molar-refractivity contribution in [3.63, 3.8) is 0 Å².